The van der Waals surface area contributed by atoms with Gasteiger partial charge in [0.25, 0.3) is 0 Å². The lowest BCUT2D eigenvalue weighted by Crippen LogP contribution is -2.53. The second kappa shape index (κ2) is 10.2. The molecule has 9 heteroatoms. The summed E-state index contributed by atoms with van der Waals surface area (Å²) in [5, 5.41) is 9.23. The van der Waals surface area contributed by atoms with Crippen LogP contribution in [-0.2, 0) is 9.59 Å². The maximum atomic E-state index is 14.0. The van der Waals surface area contributed by atoms with E-state index in [1.165, 1.54) is 12.1 Å². The number of nitrogens with one attached hydrogen (secondary N) is 1. The standard InChI is InChI=1S/C24H27F2N3O4/c25-20-7-4-8-21(22(20)26)33-17-9-10-18(19(15-17)23(30)27-32)24(31)29-13-11-28(12-14-29)16-5-2-1-3-6-16/h1-8,17-19,32H,9-15H2,(H,27,30)/t17-,18+,19+/m1/s1. The molecule has 0 spiro atoms. The molecule has 1 aliphatic heterocycles. The van der Waals surface area contributed by atoms with Gasteiger partial charge in [0.05, 0.1) is 17.9 Å². The Hall–Kier alpha value is -3.20. The predicted octanol–water partition coefficient (Wildman–Crippen LogP) is 2.98. The molecule has 176 valence electrons. The van der Waals surface area contributed by atoms with Gasteiger partial charge in [-0.1, -0.05) is 24.3 Å². The molecule has 0 radical (unpaired) electrons. The number of halogens is 2. The summed E-state index contributed by atoms with van der Waals surface area (Å²) in [5.41, 5.74) is 2.75. The van der Waals surface area contributed by atoms with E-state index in [1.54, 1.807) is 10.4 Å². The Bertz CT molecular complexity index is 983. The van der Waals surface area contributed by atoms with E-state index in [0.29, 0.717) is 39.0 Å². The monoisotopic (exact) mass is 459 g/mol. The molecule has 2 fully saturated rings. The van der Waals surface area contributed by atoms with Crippen LogP contribution in [0.4, 0.5) is 14.5 Å². The molecule has 2 N–H and O–H groups in total. The Balaban J connectivity index is 1.40. The van der Waals surface area contributed by atoms with Crippen molar-refractivity contribution in [3.05, 3.63) is 60.2 Å². The topological polar surface area (TPSA) is 82.1 Å². The van der Waals surface area contributed by atoms with Gasteiger partial charge in [-0.25, -0.2) is 9.87 Å². The smallest absolute Gasteiger partial charge is 0.247 e. The number of ether oxygens (including phenoxy) is 1. The van der Waals surface area contributed by atoms with Crippen LogP contribution in [0.2, 0.25) is 0 Å². The summed E-state index contributed by atoms with van der Waals surface area (Å²) in [6, 6.07) is 13.6. The molecule has 1 saturated carbocycles. The van der Waals surface area contributed by atoms with E-state index in [2.05, 4.69) is 4.90 Å². The second-order valence-electron chi connectivity index (χ2n) is 8.44. The van der Waals surface area contributed by atoms with E-state index < -0.39 is 35.5 Å². The molecule has 2 aromatic carbocycles. The minimum Gasteiger partial charge on any atom is -0.487 e. The van der Waals surface area contributed by atoms with Crippen LogP contribution in [0.25, 0.3) is 0 Å². The third-order valence-corrected chi connectivity index (χ3v) is 6.49. The van der Waals surface area contributed by atoms with Crippen molar-refractivity contribution in [2.24, 2.45) is 11.8 Å². The molecule has 2 aromatic rings. The summed E-state index contributed by atoms with van der Waals surface area (Å²) in [7, 11) is 0. The number of carbonyl (C=O) groups is 2. The van der Waals surface area contributed by atoms with Crippen LogP contribution in [-0.4, -0.2) is 54.2 Å². The van der Waals surface area contributed by atoms with Crippen molar-refractivity contribution < 1.29 is 28.3 Å². The molecule has 1 saturated heterocycles. The van der Waals surface area contributed by atoms with Gasteiger partial charge in [-0.3, -0.25) is 14.8 Å². The Morgan fingerprint density at radius 1 is 0.939 bits per heavy atom. The number of amides is 2. The number of anilines is 1. The summed E-state index contributed by atoms with van der Waals surface area (Å²) < 4.78 is 33.1. The first-order chi connectivity index (χ1) is 16.0. The largest absolute Gasteiger partial charge is 0.487 e. The fraction of sp³-hybridized carbons (Fsp3) is 0.417. The van der Waals surface area contributed by atoms with Crippen LogP contribution in [0.1, 0.15) is 19.3 Å². The zero-order chi connectivity index (χ0) is 23.4. The van der Waals surface area contributed by atoms with E-state index >= 15 is 0 Å². The fourth-order valence-corrected chi connectivity index (χ4v) is 4.72. The van der Waals surface area contributed by atoms with Crippen LogP contribution in [0, 0.1) is 23.5 Å². The Kier molecular flexibility index (Phi) is 7.08. The van der Waals surface area contributed by atoms with Crippen molar-refractivity contribution in [3.63, 3.8) is 0 Å². The van der Waals surface area contributed by atoms with Crippen LogP contribution < -0.4 is 15.1 Å². The highest BCUT2D eigenvalue weighted by Gasteiger charge is 2.42. The summed E-state index contributed by atoms with van der Waals surface area (Å²) >= 11 is 0. The van der Waals surface area contributed by atoms with Crippen molar-refractivity contribution in [2.75, 3.05) is 31.1 Å². The van der Waals surface area contributed by atoms with Crippen molar-refractivity contribution in [2.45, 2.75) is 25.4 Å². The van der Waals surface area contributed by atoms with Gasteiger partial charge in [0.1, 0.15) is 0 Å². The lowest BCUT2D eigenvalue weighted by Gasteiger charge is -2.40. The van der Waals surface area contributed by atoms with Gasteiger partial charge in [-0.2, -0.15) is 4.39 Å². The molecule has 0 aromatic heterocycles. The molecule has 2 aliphatic rings. The highest BCUT2D eigenvalue weighted by molar-refractivity contribution is 5.87. The first-order valence-electron chi connectivity index (χ1n) is 11.1. The lowest BCUT2D eigenvalue weighted by molar-refractivity contribution is -0.148. The van der Waals surface area contributed by atoms with Gasteiger partial charge in [0.2, 0.25) is 17.6 Å². The summed E-state index contributed by atoms with van der Waals surface area (Å²) in [6.45, 7) is 2.44. The number of hydrogen-bond donors (Lipinski definition) is 2. The summed E-state index contributed by atoms with van der Waals surface area (Å²) in [6.07, 6.45) is 0.286. The zero-order valence-corrected chi connectivity index (χ0v) is 18.1. The van der Waals surface area contributed by atoms with E-state index in [0.717, 1.165) is 11.8 Å². The Morgan fingerprint density at radius 2 is 1.67 bits per heavy atom. The average Bonchev–Trinajstić information content (AvgIpc) is 2.86. The SMILES string of the molecule is O=C(NO)[C@H]1C[C@H](Oc2cccc(F)c2F)CC[C@@H]1C(=O)N1CCN(c2ccccc2)CC1. The molecule has 1 aliphatic carbocycles. The van der Waals surface area contributed by atoms with E-state index in [4.69, 9.17) is 4.74 Å². The quantitative estimate of drug-likeness (QED) is 0.531. The molecule has 0 bridgehead atoms. The third kappa shape index (κ3) is 5.08. The number of piperazine rings is 1. The third-order valence-electron chi connectivity index (χ3n) is 6.49. The fourth-order valence-electron chi connectivity index (χ4n) is 4.72. The molecule has 7 nitrogen and oxygen atoms in total. The van der Waals surface area contributed by atoms with Crippen LogP contribution in [0.15, 0.2) is 48.5 Å². The summed E-state index contributed by atoms with van der Waals surface area (Å²) in [4.78, 5) is 29.6. The molecule has 2 amide bonds. The number of benzene rings is 2. The highest BCUT2D eigenvalue weighted by atomic mass is 19.2. The first kappa shape index (κ1) is 23.0. The molecule has 33 heavy (non-hydrogen) atoms. The predicted molar refractivity (Wildman–Crippen MR) is 117 cm³/mol. The summed E-state index contributed by atoms with van der Waals surface area (Å²) in [5.74, 6) is -4.59. The molecular weight excluding hydrogens is 432 g/mol. The Morgan fingerprint density at radius 3 is 2.36 bits per heavy atom. The van der Waals surface area contributed by atoms with E-state index in [1.807, 2.05) is 30.3 Å². The molecule has 0 unspecified atom stereocenters. The molecular formula is C24H27F2N3O4. The number of rotatable bonds is 5. The molecule has 4 rings (SSSR count). The minimum absolute atomic E-state index is 0.114. The molecule has 3 atom stereocenters. The number of carbonyl (C=O) groups excluding carboxylic acids is 2. The van der Waals surface area contributed by atoms with Crippen molar-refractivity contribution in [1.82, 2.24) is 10.4 Å². The van der Waals surface area contributed by atoms with Gasteiger partial charge in [-0.05, 0) is 43.5 Å². The average molecular weight is 459 g/mol. The van der Waals surface area contributed by atoms with E-state index in [9.17, 15) is 23.6 Å². The maximum Gasteiger partial charge on any atom is 0.247 e. The maximum absolute atomic E-state index is 14.0. The van der Waals surface area contributed by atoms with Crippen LogP contribution >= 0.6 is 0 Å². The van der Waals surface area contributed by atoms with Gasteiger partial charge >= 0.3 is 0 Å². The van der Waals surface area contributed by atoms with Gasteiger partial charge in [0.15, 0.2) is 11.6 Å². The van der Waals surface area contributed by atoms with Crippen molar-refractivity contribution in [3.8, 4) is 5.75 Å². The number of nitrogens with zero attached hydrogens (tertiary/aromatic N) is 2. The van der Waals surface area contributed by atoms with Crippen LogP contribution in [0.5, 0.6) is 5.75 Å². The van der Waals surface area contributed by atoms with Crippen molar-refractivity contribution >= 4 is 17.5 Å². The number of hydrogen-bond acceptors (Lipinski definition) is 5. The Labute approximate surface area is 190 Å². The first-order valence-corrected chi connectivity index (χ1v) is 11.1. The van der Waals surface area contributed by atoms with Crippen LogP contribution in [0.3, 0.4) is 0 Å². The van der Waals surface area contributed by atoms with Gasteiger partial charge < -0.3 is 14.5 Å². The van der Waals surface area contributed by atoms with Crippen molar-refractivity contribution in [1.29, 1.82) is 0 Å². The second-order valence-corrected chi connectivity index (χ2v) is 8.44. The highest BCUT2D eigenvalue weighted by Crippen LogP contribution is 2.35. The lowest BCUT2D eigenvalue weighted by atomic mass is 9.76. The molecule has 1 heterocycles. The number of hydroxylamine groups is 1. The van der Waals surface area contributed by atoms with Gasteiger partial charge in [-0.15, -0.1) is 0 Å². The van der Waals surface area contributed by atoms with E-state index in [-0.39, 0.29) is 18.1 Å². The minimum atomic E-state index is -1.09. The normalized spacial score (nSPS) is 23.2. The zero-order valence-electron chi connectivity index (χ0n) is 18.1. The number of para-hydroxylation sites is 1. The van der Waals surface area contributed by atoms with Gasteiger partial charge in [0, 0.05) is 31.9 Å².